The van der Waals surface area contributed by atoms with Crippen LogP contribution in [0.2, 0.25) is 0 Å². The van der Waals surface area contributed by atoms with Gasteiger partial charge < -0.3 is 24.8 Å². The standard InChI is InChI=1S/C28H24F3N5O2S/c1-38-17-24(37)33-19-10-12-20(13-11-19)36-26(25(34-27(36)39)22-8-2-3-14-32-22)23-9-5-15-35(23)21-7-4-6-18(16-21)28(29,30)31/h2-16,25-26H,17H2,1H3,(H,33,37)(H,34,39)/t25-,26+/m1/s1. The van der Waals surface area contributed by atoms with E-state index in [4.69, 9.17) is 17.0 Å². The fourth-order valence-corrected chi connectivity index (χ4v) is 5.02. The van der Waals surface area contributed by atoms with Crippen molar-refractivity contribution in [1.82, 2.24) is 14.9 Å². The summed E-state index contributed by atoms with van der Waals surface area (Å²) in [4.78, 5) is 18.4. The highest BCUT2D eigenvalue weighted by molar-refractivity contribution is 7.80. The molecule has 5 rings (SSSR count). The number of ether oxygens (including phenoxy) is 1. The van der Waals surface area contributed by atoms with E-state index >= 15 is 0 Å². The maximum absolute atomic E-state index is 13.5. The zero-order valence-corrected chi connectivity index (χ0v) is 21.5. The first-order chi connectivity index (χ1) is 18.8. The third kappa shape index (κ3) is 5.50. The lowest BCUT2D eigenvalue weighted by Crippen LogP contribution is -2.30. The molecule has 2 atom stereocenters. The Morgan fingerprint density at radius 3 is 2.54 bits per heavy atom. The Kier molecular flexibility index (Phi) is 7.36. The summed E-state index contributed by atoms with van der Waals surface area (Å²) < 4.78 is 47.1. The second-order valence-corrected chi connectivity index (χ2v) is 9.26. The molecule has 0 unspecified atom stereocenters. The Labute approximate surface area is 228 Å². The van der Waals surface area contributed by atoms with E-state index in [-0.39, 0.29) is 18.6 Å². The summed E-state index contributed by atoms with van der Waals surface area (Å²) in [5.74, 6) is -0.282. The minimum atomic E-state index is -4.47. The number of anilines is 2. The molecule has 1 aliphatic heterocycles. The number of nitrogens with zero attached hydrogens (tertiary/aromatic N) is 3. The first-order valence-corrected chi connectivity index (χ1v) is 12.4. The molecule has 0 saturated carbocycles. The molecular formula is C28H24F3N5O2S. The van der Waals surface area contributed by atoms with Crippen LogP contribution in [-0.4, -0.2) is 34.3 Å². The number of halogens is 3. The van der Waals surface area contributed by atoms with Gasteiger partial charge in [0.25, 0.3) is 0 Å². The van der Waals surface area contributed by atoms with Gasteiger partial charge in [-0.05, 0) is 78.9 Å². The number of hydrogen-bond donors (Lipinski definition) is 2. The van der Waals surface area contributed by atoms with E-state index in [1.165, 1.54) is 13.2 Å². The van der Waals surface area contributed by atoms with Gasteiger partial charge in [0.15, 0.2) is 5.11 Å². The van der Waals surface area contributed by atoms with Gasteiger partial charge >= 0.3 is 6.18 Å². The van der Waals surface area contributed by atoms with Crippen LogP contribution < -0.4 is 15.5 Å². The molecule has 0 bridgehead atoms. The molecular weight excluding hydrogens is 527 g/mol. The number of benzene rings is 2. The molecule has 4 aromatic rings. The summed E-state index contributed by atoms with van der Waals surface area (Å²) in [5.41, 5.74) is 2.41. The van der Waals surface area contributed by atoms with E-state index in [0.717, 1.165) is 29.2 Å². The summed E-state index contributed by atoms with van der Waals surface area (Å²) >= 11 is 5.76. The smallest absolute Gasteiger partial charge is 0.375 e. The van der Waals surface area contributed by atoms with E-state index < -0.39 is 17.8 Å². The number of carbonyl (C=O) groups excluding carboxylic acids is 1. The Balaban J connectivity index is 1.57. The lowest BCUT2D eigenvalue weighted by atomic mass is 10.0. The second-order valence-electron chi connectivity index (χ2n) is 8.88. The Bertz CT molecular complexity index is 1470. The topological polar surface area (TPSA) is 71.4 Å². The number of thiocarbonyl (C=S) groups is 1. The molecule has 11 heteroatoms. The van der Waals surface area contributed by atoms with Gasteiger partial charge in [0.2, 0.25) is 5.91 Å². The number of carbonyl (C=O) groups is 1. The average molecular weight is 552 g/mol. The molecule has 1 saturated heterocycles. The van der Waals surface area contributed by atoms with Crippen molar-refractivity contribution in [3.8, 4) is 5.69 Å². The Morgan fingerprint density at radius 2 is 1.85 bits per heavy atom. The first kappa shape index (κ1) is 26.4. The summed E-state index contributed by atoms with van der Waals surface area (Å²) in [5, 5.41) is 6.54. The van der Waals surface area contributed by atoms with Crippen LogP contribution in [0.4, 0.5) is 24.5 Å². The fraction of sp³-hybridized carbons (Fsp3) is 0.179. The lowest BCUT2D eigenvalue weighted by molar-refractivity contribution is -0.137. The molecule has 0 radical (unpaired) electrons. The minimum absolute atomic E-state index is 0.0672. The first-order valence-electron chi connectivity index (χ1n) is 12.0. The van der Waals surface area contributed by atoms with Crippen molar-refractivity contribution in [2.75, 3.05) is 23.9 Å². The molecule has 200 valence electrons. The van der Waals surface area contributed by atoms with Crippen LogP contribution in [0.1, 0.15) is 29.0 Å². The van der Waals surface area contributed by atoms with Gasteiger partial charge in [-0.15, -0.1) is 0 Å². The minimum Gasteiger partial charge on any atom is -0.375 e. The lowest BCUT2D eigenvalue weighted by Gasteiger charge is -2.29. The van der Waals surface area contributed by atoms with Crippen molar-refractivity contribution in [3.05, 3.63) is 108 Å². The fourth-order valence-electron chi connectivity index (χ4n) is 4.67. The molecule has 1 fully saturated rings. The molecule has 2 N–H and O–H groups in total. The number of nitrogens with one attached hydrogen (secondary N) is 2. The summed E-state index contributed by atoms with van der Waals surface area (Å²) in [6.07, 6.45) is -1.06. The number of pyridine rings is 1. The van der Waals surface area contributed by atoms with Crippen molar-refractivity contribution in [2.45, 2.75) is 18.3 Å². The van der Waals surface area contributed by atoms with Crippen LogP contribution in [-0.2, 0) is 15.7 Å². The average Bonchev–Trinajstić information content (AvgIpc) is 3.54. The Hall–Kier alpha value is -4.22. The molecule has 2 aromatic heterocycles. The molecule has 7 nitrogen and oxygen atoms in total. The van der Waals surface area contributed by atoms with Crippen molar-refractivity contribution in [3.63, 3.8) is 0 Å². The van der Waals surface area contributed by atoms with Crippen LogP contribution in [0.15, 0.2) is 91.3 Å². The highest BCUT2D eigenvalue weighted by atomic mass is 32.1. The Morgan fingerprint density at radius 1 is 1.05 bits per heavy atom. The molecule has 0 spiro atoms. The van der Waals surface area contributed by atoms with Gasteiger partial charge in [-0.2, -0.15) is 13.2 Å². The highest BCUT2D eigenvalue weighted by Crippen LogP contribution is 2.42. The van der Waals surface area contributed by atoms with Crippen LogP contribution in [0, 0.1) is 0 Å². The largest absolute Gasteiger partial charge is 0.416 e. The number of amides is 1. The molecule has 3 heterocycles. The number of methoxy groups -OCH3 is 1. The zero-order valence-electron chi connectivity index (χ0n) is 20.7. The van der Waals surface area contributed by atoms with Crippen molar-refractivity contribution < 1.29 is 22.7 Å². The molecule has 1 aliphatic rings. The maximum atomic E-state index is 13.5. The predicted molar refractivity (Wildman–Crippen MR) is 146 cm³/mol. The van der Waals surface area contributed by atoms with Crippen molar-refractivity contribution >= 4 is 34.6 Å². The SMILES string of the molecule is COCC(=O)Nc1ccc(N2C(=S)N[C@H](c3ccccn3)[C@@H]2c2cccn2-c2cccc(C(F)(F)F)c2)cc1. The van der Waals surface area contributed by atoms with Crippen molar-refractivity contribution in [2.24, 2.45) is 0 Å². The predicted octanol–water partition coefficient (Wildman–Crippen LogP) is 5.65. The quantitative estimate of drug-likeness (QED) is 0.289. The normalized spacial score (nSPS) is 17.2. The van der Waals surface area contributed by atoms with E-state index in [0.29, 0.717) is 16.5 Å². The van der Waals surface area contributed by atoms with E-state index in [1.807, 2.05) is 41.3 Å². The highest BCUT2D eigenvalue weighted by Gasteiger charge is 2.42. The van der Waals surface area contributed by atoms with Crippen LogP contribution in [0.25, 0.3) is 5.69 Å². The van der Waals surface area contributed by atoms with Crippen LogP contribution in [0.3, 0.4) is 0 Å². The van der Waals surface area contributed by atoms with Gasteiger partial charge in [-0.1, -0.05) is 12.1 Å². The number of aromatic nitrogens is 2. The molecule has 39 heavy (non-hydrogen) atoms. The van der Waals surface area contributed by atoms with Crippen molar-refractivity contribution in [1.29, 1.82) is 0 Å². The van der Waals surface area contributed by atoms with Gasteiger partial charge in [0.1, 0.15) is 12.6 Å². The maximum Gasteiger partial charge on any atom is 0.416 e. The molecule has 2 aromatic carbocycles. The van der Waals surface area contributed by atoms with Crippen LogP contribution >= 0.6 is 12.2 Å². The van der Waals surface area contributed by atoms with E-state index in [9.17, 15) is 18.0 Å². The summed E-state index contributed by atoms with van der Waals surface area (Å²) in [6, 6.07) is 20.7. The second kappa shape index (κ2) is 10.9. The van der Waals surface area contributed by atoms with Gasteiger partial charge in [0, 0.05) is 42.3 Å². The van der Waals surface area contributed by atoms with E-state index in [1.54, 1.807) is 41.2 Å². The monoisotopic (exact) mass is 551 g/mol. The molecule has 1 amide bonds. The molecule has 0 aliphatic carbocycles. The van der Waals surface area contributed by atoms with E-state index in [2.05, 4.69) is 15.6 Å². The third-order valence-corrected chi connectivity index (χ3v) is 6.65. The number of alkyl halides is 3. The third-order valence-electron chi connectivity index (χ3n) is 6.34. The summed E-state index contributed by atoms with van der Waals surface area (Å²) in [6.45, 7) is -0.0672. The zero-order chi connectivity index (χ0) is 27.6. The number of hydrogen-bond acceptors (Lipinski definition) is 4. The van der Waals surface area contributed by atoms with Gasteiger partial charge in [-0.25, -0.2) is 0 Å². The summed E-state index contributed by atoms with van der Waals surface area (Å²) in [7, 11) is 1.44. The van der Waals surface area contributed by atoms with Gasteiger partial charge in [-0.3, -0.25) is 9.78 Å². The number of rotatable bonds is 7. The van der Waals surface area contributed by atoms with Crippen LogP contribution in [0.5, 0.6) is 0 Å². The van der Waals surface area contributed by atoms with Gasteiger partial charge in [0.05, 0.1) is 17.3 Å².